The van der Waals surface area contributed by atoms with Gasteiger partial charge in [0.1, 0.15) is 6.17 Å². The number of rotatable bonds is 2. The van der Waals surface area contributed by atoms with Gasteiger partial charge in [-0.05, 0) is 30.5 Å². The molecule has 2 rings (SSSR count). The lowest BCUT2D eigenvalue weighted by Gasteiger charge is -2.33. The molecule has 1 aliphatic rings. The number of alkyl halides is 1. The van der Waals surface area contributed by atoms with Crippen LogP contribution in [0.3, 0.4) is 0 Å². The van der Waals surface area contributed by atoms with E-state index in [1.807, 2.05) is 18.1 Å². The van der Waals surface area contributed by atoms with E-state index in [2.05, 4.69) is 37.1 Å². The first kappa shape index (κ1) is 14.3. The summed E-state index contributed by atoms with van der Waals surface area (Å²) < 4.78 is 14.0. The number of anilines is 1. The fraction of sp³-hybridized carbons (Fsp3) is 0.667. The third kappa shape index (κ3) is 3.66. The lowest BCUT2D eigenvalue weighted by atomic mass is 9.88. The average molecular weight is 267 g/mol. The van der Waals surface area contributed by atoms with Crippen molar-refractivity contribution in [1.29, 1.82) is 0 Å². The normalized spacial score (nSPS) is 25.3. The summed E-state index contributed by atoms with van der Waals surface area (Å²) in [6, 6.07) is 1.98. The van der Waals surface area contributed by atoms with Gasteiger partial charge in [-0.3, -0.25) is 4.98 Å². The Morgan fingerprint density at radius 3 is 2.79 bits per heavy atom. The van der Waals surface area contributed by atoms with Crippen molar-refractivity contribution >= 4 is 5.69 Å². The van der Waals surface area contributed by atoms with Gasteiger partial charge in [0.05, 0.1) is 11.7 Å². The van der Waals surface area contributed by atoms with Gasteiger partial charge >= 0.3 is 0 Å². The summed E-state index contributed by atoms with van der Waals surface area (Å²) in [6.07, 6.45) is 3.67. The van der Waals surface area contributed by atoms with Gasteiger partial charge in [-0.2, -0.15) is 0 Å². The smallest absolute Gasteiger partial charge is 0.133 e. The number of likely N-dealkylation sites (tertiary alicyclic amines) is 1. The monoisotopic (exact) mass is 267 g/mol. The molecule has 0 saturated carbocycles. The Morgan fingerprint density at radius 2 is 2.16 bits per heavy atom. The fourth-order valence-electron chi connectivity index (χ4n) is 2.36. The van der Waals surface area contributed by atoms with Crippen LogP contribution in [-0.4, -0.2) is 42.2 Å². The number of nitrogens with one attached hydrogen (secondary N) is 1. The van der Waals surface area contributed by atoms with E-state index in [-0.39, 0.29) is 12.9 Å². The van der Waals surface area contributed by atoms with E-state index in [4.69, 9.17) is 0 Å². The Hall–Kier alpha value is -1.16. The zero-order valence-corrected chi connectivity index (χ0v) is 12.3. The molecule has 0 spiro atoms. The van der Waals surface area contributed by atoms with Crippen molar-refractivity contribution in [1.82, 2.24) is 9.88 Å². The molecule has 108 valence electrons. The van der Waals surface area contributed by atoms with Crippen molar-refractivity contribution in [2.24, 2.45) is 0 Å². The molecule has 0 aromatic carbocycles. The van der Waals surface area contributed by atoms with Gasteiger partial charge in [-0.1, -0.05) is 20.8 Å². The van der Waals surface area contributed by atoms with Crippen molar-refractivity contribution in [2.45, 2.75) is 44.8 Å². The largest absolute Gasteiger partial charge is 0.378 e. The summed E-state index contributed by atoms with van der Waals surface area (Å²) in [7, 11) is 1.96. The summed E-state index contributed by atoms with van der Waals surface area (Å²) >= 11 is 0. The lowest BCUT2D eigenvalue weighted by Crippen LogP contribution is -2.46. The van der Waals surface area contributed by atoms with E-state index in [0.29, 0.717) is 6.54 Å². The summed E-state index contributed by atoms with van der Waals surface area (Å²) in [6.45, 7) is 7.90. The molecule has 1 aromatic heterocycles. The molecule has 19 heavy (non-hydrogen) atoms. The maximum atomic E-state index is 14.0. The molecular weight excluding hydrogens is 241 g/mol. The van der Waals surface area contributed by atoms with E-state index in [9.17, 15) is 4.39 Å². The number of hydrogen-bond donors (Lipinski definition) is 1. The third-order valence-electron chi connectivity index (χ3n) is 3.70. The SMILES string of the molecule is CN1CCC(Nc2cncc(C(C)(C)C)c2)[C@H](F)C1.[HH]. The van der Waals surface area contributed by atoms with E-state index in [1.54, 1.807) is 6.20 Å². The lowest BCUT2D eigenvalue weighted by molar-refractivity contribution is 0.149. The molecule has 2 atom stereocenters. The number of aromatic nitrogens is 1. The minimum atomic E-state index is -0.822. The second kappa shape index (κ2) is 5.45. The molecule has 1 saturated heterocycles. The van der Waals surface area contributed by atoms with Crippen LogP contribution in [0, 0.1) is 0 Å². The molecular formula is C15H26FN3. The quantitative estimate of drug-likeness (QED) is 0.892. The van der Waals surface area contributed by atoms with Crippen LogP contribution >= 0.6 is 0 Å². The molecule has 0 radical (unpaired) electrons. The van der Waals surface area contributed by atoms with E-state index in [0.717, 1.165) is 18.7 Å². The van der Waals surface area contributed by atoms with E-state index < -0.39 is 6.17 Å². The van der Waals surface area contributed by atoms with Crippen molar-refractivity contribution in [2.75, 3.05) is 25.5 Å². The van der Waals surface area contributed by atoms with Crippen LogP contribution in [0.15, 0.2) is 18.5 Å². The maximum Gasteiger partial charge on any atom is 0.133 e. The Morgan fingerprint density at radius 1 is 1.42 bits per heavy atom. The van der Waals surface area contributed by atoms with Crippen LogP contribution in [0.4, 0.5) is 10.1 Å². The van der Waals surface area contributed by atoms with Gasteiger partial charge in [0, 0.05) is 26.9 Å². The Labute approximate surface area is 116 Å². The molecule has 3 nitrogen and oxygen atoms in total. The first-order valence-corrected chi connectivity index (χ1v) is 6.91. The molecule has 4 heteroatoms. The molecule has 0 bridgehead atoms. The first-order chi connectivity index (χ1) is 8.86. The van der Waals surface area contributed by atoms with E-state index >= 15 is 0 Å². The third-order valence-corrected chi connectivity index (χ3v) is 3.70. The summed E-state index contributed by atoms with van der Waals surface area (Å²) in [5, 5.41) is 3.30. The highest BCUT2D eigenvalue weighted by Gasteiger charge is 2.27. The molecule has 1 aliphatic heterocycles. The molecule has 1 unspecified atom stereocenters. The topological polar surface area (TPSA) is 28.2 Å². The van der Waals surface area contributed by atoms with Crippen molar-refractivity contribution in [3.63, 3.8) is 0 Å². The number of hydrogen-bond acceptors (Lipinski definition) is 3. The van der Waals surface area contributed by atoms with Crippen LogP contribution in [-0.2, 0) is 5.41 Å². The number of nitrogens with zero attached hydrogens (tertiary/aromatic N) is 2. The molecule has 2 heterocycles. The van der Waals surface area contributed by atoms with Crippen LogP contribution < -0.4 is 5.32 Å². The average Bonchev–Trinajstić information content (AvgIpc) is 2.32. The standard InChI is InChI=1S/C15H24FN3.H2/c1-15(2,3)11-7-12(9-17-8-11)18-14-5-6-19(4)10-13(14)16;/h7-9,13-14,18H,5-6,10H2,1-4H3;1H/t13-,14?;/m1./s1. The Balaban J connectivity index is 0.00000200. The highest BCUT2D eigenvalue weighted by atomic mass is 19.1. The Kier molecular flexibility index (Phi) is 4.09. The zero-order chi connectivity index (χ0) is 14.0. The predicted octanol–water partition coefficient (Wildman–Crippen LogP) is 3.08. The summed E-state index contributed by atoms with van der Waals surface area (Å²) in [5.41, 5.74) is 2.15. The van der Waals surface area contributed by atoms with Crippen LogP contribution in [0.25, 0.3) is 0 Å². The molecule has 0 aliphatic carbocycles. The Bertz CT molecular complexity index is 433. The van der Waals surface area contributed by atoms with Crippen molar-refractivity contribution in [3.8, 4) is 0 Å². The van der Waals surface area contributed by atoms with E-state index in [1.165, 1.54) is 5.56 Å². The van der Waals surface area contributed by atoms with Crippen molar-refractivity contribution < 1.29 is 5.82 Å². The minimum Gasteiger partial charge on any atom is -0.378 e. The van der Waals surface area contributed by atoms with Crippen LogP contribution in [0.2, 0.25) is 0 Å². The van der Waals surface area contributed by atoms with Gasteiger partial charge in [0.25, 0.3) is 0 Å². The molecule has 1 N–H and O–H groups in total. The van der Waals surface area contributed by atoms with Crippen LogP contribution in [0.5, 0.6) is 0 Å². The fourth-order valence-corrected chi connectivity index (χ4v) is 2.36. The second-order valence-electron chi connectivity index (χ2n) is 6.53. The summed E-state index contributed by atoms with van der Waals surface area (Å²) in [5.74, 6) is 0. The molecule has 0 amide bonds. The minimum absolute atomic E-state index is 0. The molecule has 1 aromatic rings. The van der Waals surface area contributed by atoms with Gasteiger partial charge in [-0.25, -0.2) is 4.39 Å². The van der Waals surface area contributed by atoms with Gasteiger partial charge in [0.15, 0.2) is 0 Å². The van der Waals surface area contributed by atoms with Gasteiger partial charge in [0.2, 0.25) is 0 Å². The van der Waals surface area contributed by atoms with Crippen LogP contribution in [0.1, 0.15) is 34.2 Å². The second-order valence-corrected chi connectivity index (χ2v) is 6.53. The molecule has 1 fully saturated rings. The first-order valence-electron chi connectivity index (χ1n) is 6.91. The zero-order valence-electron chi connectivity index (χ0n) is 12.3. The number of pyridine rings is 1. The van der Waals surface area contributed by atoms with Gasteiger partial charge < -0.3 is 10.2 Å². The highest BCUT2D eigenvalue weighted by molar-refractivity contribution is 5.45. The highest BCUT2D eigenvalue weighted by Crippen LogP contribution is 2.25. The number of piperidine rings is 1. The number of halogens is 1. The van der Waals surface area contributed by atoms with Crippen molar-refractivity contribution in [3.05, 3.63) is 24.0 Å². The summed E-state index contributed by atoms with van der Waals surface area (Å²) in [4.78, 5) is 6.30. The maximum absolute atomic E-state index is 14.0. The van der Waals surface area contributed by atoms with Gasteiger partial charge in [-0.15, -0.1) is 0 Å². The predicted molar refractivity (Wildman–Crippen MR) is 79.5 cm³/mol.